The first-order valence-electron chi connectivity index (χ1n) is 9.13. The molecule has 3 rings (SSSR count). The summed E-state index contributed by atoms with van der Waals surface area (Å²) in [6.07, 6.45) is 1.70. The minimum absolute atomic E-state index is 0.0523. The van der Waals surface area contributed by atoms with E-state index in [1.54, 1.807) is 18.3 Å². The van der Waals surface area contributed by atoms with Crippen LogP contribution in [0.1, 0.15) is 18.1 Å². The van der Waals surface area contributed by atoms with Crippen LogP contribution in [0, 0.1) is 10.1 Å². The highest BCUT2D eigenvalue weighted by atomic mass is 16.6. The Bertz CT molecular complexity index is 973. The highest BCUT2D eigenvalue weighted by molar-refractivity contribution is 5.81. The van der Waals surface area contributed by atoms with Crippen molar-refractivity contribution in [3.05, 3.63) is 94.0 Å². The third kappa shape index (κ3) is 5.80. The van der Waals surface area contributed by atoms with Gasteiger partial charge in [0.05, 0.1) is 23.4 Å². The Hall–Kier alpha value is -3.87. The Morgan fingerprint density at radius 3 is 2.45 bits per heavy atom. The van der Waals surface area contributed by atoms with Gasteiger partial charge in [0.25, 0.3) is 5.69 Å². The second-order valence-electron chi connectivity index (χ2n) is 6.09. The SMILES string of the molecule is CCOc1cc(/C=N\Nc2ccccc2)ccc1OCc1ccc([N+](=O)[O-])cc1. The number of nitro benzene ring substituents is 1. The van der Waals surface area contributed by atoms with Crippen molar-refractivity contribution >= 4 is 17.6 Å². The van der Waals surface area contributed by atoms with Gasteiger partial charge in [0.1, 0.15) is 6.61 Å². The van der Waals surface area contributed by atoms with Gasteiger partial charge in [0, 0.05) is 12.1 Å². The van der Waals surface area contributed by atoms with Crippen LogP contribution < -0.4 is 14.9 Å². The normalized spacial score (nSPS) is 10.7. The molecule has 1 N–H and O–H groups in total. The van der Waals surface area contributed by atoms with E-state index in [0.717, 1.165) is 16.8 Å². The number of rotatable bonds is 9. The summed E-state index contributed by atoms with van der Waals surface area (Å²) in [4.78, 5) is 10.3. The summed E-state index contributed by atoms with van der Waals surface area (Å²) in [6, 6.07) is 21.5. The summed E-state index contributed by atoms with van der Waals surface area (Å²) < 4.78 is 11.5. The molecular formula is C22H21N3O4. The quantitative estimate of drug-likeness (QED) is 0.314. The first kappa shape index (κ1) is 19.9. The van der Waals surface area contributed by atoms with E-state index in [4.69, 9.17) is 9.47 Å². The molecule has 3 aromatic rings. The summed E-state index contributed by atoms with van der Waals surface area (Å²) in [7, 11) is 0. The molecule has 0 aliphatic rings. The van der Waals surface area contributed by atoms with Gasteiger partial charge in [0.2, 0.25) is 0 Å². The second-order valence-corrected chi connectivity index (χ2v) is 6.09. The molecule has 0 bridgehead atoms. The molecule has 0 aliphatic carbocycles. The lowest BCUT2D eigenvalue weighted by Gasteiger charge is -2.12. The fraction of sp³-hybridized carbons (Fsp3) is 0.136. The molecule has 0 atom stereocenters. The standard InChI is InChI=1S/C22H21N3O4/c1-2-28-22-14-18(15-23-24-19-6-4-3-5-7-19)10-13-21(22)29-16-17-8-11-20(12-9-17)25(26)27/h3-15,24H,2,16H2,1H3/b23-15-. The number of anilines is 1. The van der Waals surface area contributed by atoms with Crippen molar-refractivity contribution in [1.82, 2.24) is 0 Å². The first-order chi connectivity index (χ1) is 14.2. The maximum atomic E-state index is 10.7. The van der Waals surface area contributed by atoms with E-state index in [9.17, 15) is 10.1 Å². The Kier molecular flexibility index (Phi) is 6.78. The summed E-state index contributed by atoms with van der Waals surface area (Å²) in [5.74, 6) is 1.21. The third-order valence-electron chi connectivity index (χ3n) is 3.99. The lowest BCUT2D eigenvalue weighted by Crippen LogP contribution is -2.01. The molecule has 0 aromatic heterocycles. The zero-order valence-electron chi connectivity index (χ0n) is 15.9. The zero-order valence-corrected chi connectivity index (χ0v) is 15.9. The molecule has 29 heavy (non-hydrogen) atoms. The van der Waals surface area contributed by atoms with Crippen LogP contribution in [0.2, 0.25) is 0 Å². The molecule has 148 valence electrons. The Morgan fingerprint density at radius 2 is 1.76 bits per heavy atom. The largest absolute Gasteiger partial charge is 0.490 e. The highest BCUT2D eigenvalue weighted by Crippen LogP contribution is 2.29. The number of para-hydroxylation sites is 1. The second kappa shape index (κ2) is 9.89. The van der Waals surface area contributed by atoms with Crippen LogP contribution in [0.3, 0.4) is 0 Å². The van der Waals surface area contributed by atoms with Crippen LogP contribution in [0.4, 0.5) is 11.4 Å². The number of ether oxygens (including phenoxy) is 2. The van der Waals surface area contributed by atoms with Crippen molar-refractivity contribution in [3.63, 3.8) is 0 Å². The smallest absolute Gasteiger partial charge is 0.269 e. The molecule has 7 heteroatoms. The van der Waals surface area contributed by atoms with Crippen molar-refractivity contribution < 1.29 is 14.4 Å². The predicted molar refractivity (Wildman–Crippen MR) is 113 cm³/mol. The number of hydrogen-bond acceptors (Lipinski definition) is 6. The minimum atomic E-state index is -0.426. The van der Waals surface area contributed by atoms with Gasteiger partial charge < -0.3 is 9.47 Å². The molecular weight excluding hydrogens is 370 g/mol. The Labute approximate surface area is 168 Å². The van der Waals surface area contributed by atoms with Crippen molar-refractivity contribution in [3.8, 4) is 11.5 Å². The lowest BCUT2D eigenvalue weighted by molar-refractivity contribution is -0.384. The molecule has 0 fully saturated rings. The summed E-state index contributed by atoms with van der Waals surface area (Å²) >= 11 is 0. The van der Waals surface area contributed by atoms with Gasteiger partial charge in [-0.05, 0) is 60.5 Å². The van der Waals surface area contributed by atoms with Crippen LogP contribution in [0.5, 0.6) is 11.5 Å². The molecule has 7 nitrogen and oxygen atoms in total. The van der Waals surface area contributed by atoms with Gasteiger partial charge in [-0.2, -0.15) is 5.10 Å². The third-order valence-corrected chi connectivity index (χ3v) is 3.99. The summed E-state index contributed by atoms with van der Waals surface area (Å²) in [5.41, 5.74) is 5.61. The molecule has 0 amide bonds. The van der Waals surface area contributed by atoms with Crippen LogP contribution >= 0.6 is 0 Å². The number of hydrogen-bond donors (Lipinski definition) is 1. The van der Waals surface area contributed by atoms with Crippen LogP contribution in [0.15, 0.2) is 77.9 Å². The first-order valence-corrected chi connectivity index (χ1v) is 9.13. The molecule has 0 saturated carbocycles. The zero-order chi connectivity index (χ0) is 20.5. The van der Waals surface area contributed by atoms with E-state index in [2.05, 4.69) is 10.5 Å². The van der Waals surface area contributed by atoms with Crippen molar-refractivity contribution in [2.75, 3.05) is 12.0 Å². The van der Waals surface area contributed by atoms with Crippen LogP contribution in [-0.2, 0) is 6.61 Å². The van der Waals surface area contributed by atoms with Crippen LogP contribution in [-0.4, -0.2) is 17.7 Å². The van der Waals surface area contributed by atoms with E-state index < -0.39 is 4.92 Å². The maximum absolute atomic E-state index is 10.7. The predicted octanol–water partition coefficient (Wildman–Crippen LogP) is 5.02. The topological polar surface area (TPSA) is 86.0 Å². The molecule has 0 saturated heterocycles. The number of benzene rings is 3. The lowest BCUT2D eigenvalue weighted by atomic mass is 10.2. The van der Waals surface area contributed by atoms with Gasteiger partial charge in [-0.3, -0.25) is 15.5 Å². The van der Waals surface area contributed by atoms with Crippen LogP contribution in [0.25, 0.3) is 0 Å². The van der Waals surface area contributed by atoms with Gasteiger partial charge >= 0.3 is 0 Å². The molecule has 0 aliphatic heterocycles. The fourth-order valence-corrected chi connectivity index (χ4v) is 2.56. The number of non-ortho nitro benzene ring substituents is 1. The fourth-order valence-electron chi connectivity index (χ4n) is 2.56. The Morgan fingerprint density at radius 1 is 1.00 bits per heavy atom. The monoisotopic (exact) mass is 391 g/mol. The molecule has 0 spiro atoms. The molecule has 3 aromatic carbocycles. The number of nitrogens with one attached hydrogen (secondary N) is 1. The number of hydrazone groups is 1. The summed E-state index contributed by atoms with van der Waals surface area (Å²) in [6.45, 7) is 2.68. The van der Waals surface area contributed by atoms with Gasteiger partial charge in [-0.15, -0.1) is 0 Å². The minimum Gasteiger partial charge on any atom is -0.490 e. The molecule has 0 unspecified atom stereocenters. The van der Waals surface area contributed by atoms with E-state index >= 15 is 0 Å². The van der Waals surface area contributed by atoms with E-state index in [0.29, 0.717) is 18.1 Å². The van der Waals surface area contributed by atoms with Gasteiger partial charge in [0.15, 0.2) is 11.5 Å². The van der Waals surface area contributed by atoms with Gasteiger partial charge in [-0.1, -0.05) is 18.2 Å². The van der Waals surface area contributed by atoms with Crippen molar-refractivity contribution in [2.45, 2.75) is 13.5 Å². The highest BCUT2D eigenvalue weighted by Gasteiger charge is 2.08. The summed E-state index contributed by atoms with van der Waals surface area (Å²) in [5, 5.41) is 15.0. The average Bonchev–Trinajstić information content (AvgIpc) is 2.74. The van der Waals surface area contributed by atoms with Crippen molar-refractivity contribution in [2.24, 2.45) is 5.10 Å². The number of nitrogens with zero attached hydrogens (tertiary/aromatic N) is 2. The molecule has 0 heterocycles. The van der Waals surface area contributed by atoms with Gasteiger partial charge in [-0.25, -0.2) is 0 Å². The van der Waals surface area contributed by atoms with E-state index in [1.807, 2.05) is 55.5 Å². The maximum Gasteiger partial charge on any atom is 0.269 e. The van der Waals surface area contributed by atoms with E-state index in [-0.39, 0.29) is 12.3 Å². The number of nitro groups is 1. The average molecular weight is 391 g/mol. The Balaban J connectivity index is 1.66. The molecule has 0 radical (unpaired) electrons. The van der Waals surface area contributed by atoms with Crippen molar-refractivity contribution in [1.29, 1.82) is 0 Å². The van der Waals surface area contributed by atoms with E-state index in [1.165, 1.54) is 12.1 Å².